The maximum atomic E-state index is 6.40. The topological polar surface area (TPSA) is 52.0 Å². The lowest BCUT2D eigenvalue weighted by atomic mass is 9.66. The van der Waals surface area contributed by atoms with E-state index >= 15 is 0 Å². The zero-order valence-corrected chi connectivity index (χ0v) is 12.7. The molecular weight excluding hydrogens is 232 g/mol. The molecule has 0 unspecified atom stereocenters. The Morgan fingerprint density at radius 2 is 1.37 bits per heavy atom. The molecule has 0 fully saturated rings. The van der Waals surface area contributed by atoms with Crippen LogP contribution in [0.2, 0.25) is 0 Å². The summed E-state index contributed by atoms with van der Waals surface area (Å²) in [5.74, 6) is 0. The number of rotatable bonds is 12. The Hall–Kier alpha value is -0.860. The zero-order valence-electron chi connectivity index (χ0n) is 12.7. The monoisotopic (exact) mass is 264 g/mol. The molecule has 0 spiro atoms. The maximum Gasteiger partial charge on any atom is 0.0735 e. The van der Waals surface area contributed by atoms with Gasteiger partial charge in [0.25, 0.3) is 0 Å². The smallest absolute Gasteiger partial charge is 0.0735 e. The SMILES string of the molecule is C=CCC(N)(N)C(CC=C)(CC=C)CCCCCC. The second kappa shape index (κ2) is 9.11. The van der Waals surface area contributed by atoms with E-state index in [1.807, 2.05) is 18.2 Å². The van der Waals surface area contributed by atoms with Crippen molar-refractivity contribution in [3.05, 3.63) is 38.0 Å². The lowest BCUT2D eigenvalue weighted by Crippen LogP contribution is -2.62. The molecule has 110 valence electrons. The second-order valence-electron chi connectivity index (χ2n) is 5.61. The van der Waals surface area contributed by atoms with Crippen molar-refractivity contribution >= 4 is 0 Å². The predicted octanol–water partition coefficient (Wildman–Crippen LogP) is 4.29. The third-order valence-electron chi connectivity index (χ3n) is 4.05. The normalized spacial score (nSPS) is 12.2. The van der Waals surface area contributed by atoms with Gasteiger partial charge in [0, 0.05) is 5.41 Å². The van der Waals surface area contributed by atoms with Crippen molar-refractivity contribution in [2.45, 2.75) is 64.0 Å². The van der Waals surface area contributed by atoms with Crippen LogP contribution >= 0.6 is 0 Å². The Kier molecular flexibility index (Phi) is 8.70. The van der Waals surface area contributed by atoms with Gasteiger partial charge >= 0.3 is 0 Å². The highest BCUT2D eigenvalue weighted by Crippen LogP contribution is 2.42. The minimum Gasteiger partial charge on any atom is -0.313 e. The molecule has 0 saturated heterocycles. The van der Waals surface area contributed by atoms with Gasteiger partial charge in [-0.2, -0.15) is 0 Å². The first kappa shape index (κ1) is 18.1. The third-order valence-corrected chi connectivity index (χ3v) is 4.05. The van der Waals surface area contributed by atoms with Gasteiger partial charge in [0.1, 0.15) is 0 Å². The summed E-state index contributed by atoms with van der Waals surface area (Å²) in [4.78, 5) is 0. The first-order valence-corrected chi connectivity index (χ1v) is 7.40. The maximum absolute atomic E-state index is 6.40. The Morgan fingerprint density at radius 3 is 1.79 bits per heavy atom. The van der Waals surface area contributed by atoms with E-state index in [-0.39, 0.29) is 5.41 Å². The van der Waals surface area contributed by atoms with E-state index < -0.39 is 5.66 Å². The lowest BCUT2D eigenvalue weighted by molar-refractivity contribution is 0.111. The molecule has 0 aliphatic carbocycles. The fraction of sp³-hybridized carbons (Fsp3) is 0.647. The summed E-state index contributed by atoms with van der Waals surface area (Å²) in [5, 5.41) is 0. The summed E-state index contributed by atoms with van der Waals surface area (Å²) in [6.07, 6.45) is 13.8. The highest BCUT2D eigenvalue weighted by atomic mass is 15.0. The molecule has 0 heterocycles. The largest absolute Gasteiger partial charge is 0.313 e. The summed E-state index contributed by atoms with van der Waals surface area (Å²) in [7, 11) is 0. The van der Waals surface area contributed by atoms with Crippen LogP contribution in [0.3, 0.4) is 0 Å². The number of nitrogens with two attached hydrogens (primary N) is 2. The summed E-state index contributed by atoms with van der Waals surface area (Å²) in [5.41, 5.74) is 11.9. The quantitative estimate of drug-likeness (QED) is 0.314. The minimum absolute atomic E-state index is 0.154. The summed E-state index contributed by atoms with van der Waals surface area (Å²) >= 11 is 0. The minimum atomic E-state index is -0.747. The Bertz CT molecular complexity index is 269. The van der Waals surface area contributed by atoms with Crippen LogP contribution in [0, 0.1) is 5.41 Å². The molecule has 0 amide bonds. The number of unbranched alkanes of at least 4 members (excludes halogenated alkanes) is 3. The molecule has 2 nitrogen and oxygen atoms in total. The molecule has 0 atom stereocenters. The van der Waals surface area contributed by atoms with Crippen molar-refractivity contribution in [1.29, 1.82) is 0 Å². The van der Waals surface area contributed by atoms with Crippen molar-refractivity contribution in [2.24, 2.45) is 16.9 Å². The number of hydrogen-bond acceptors (Lipinski definition) is 2. The fourth-order valence-corrected chi connectivity index (χ4v) is 2.80. The Morgan fingerprint density at radius 1 is 0.842 bits per heavy atom. The zero-order chi connectivity index (χ0) is 14.8. The van der Waals surface area contributed by atoms with Crippen LogP contribution in [0.1, 0.15) is 58.3 Å². The van der Waals surface area contributed by atoms with Gasteiger partial charge in [-0.15, -0.1) is 19.7 Å². The van der Waals surface area contributed by atoms with Gasteiger partial charge in [0.05, 0.1) is 5.66 Å². The number of hydrogen-bond donors (Lipinski definition) is 2. The second-order valence-corrected chi connectivity index (χ2v) is 5.61. The van der Waals surface area contributed by atoms with E-state index in [1.165, 1.54) is 19.3 Å². The summed E-state index contributed by atoms with van der Waals surface area (Å²) in [6.45, 7) is 13.7. The molecule has 0 saturated carbocycles. The van der Waals surface area contributed by atoms with Gasteiger partial charge in [-0.3, -0.25) is 0 Å². The van der Waals surface area contributed by atoms with Crippen molar-refractivity contribution in [1.82, 2.24) is 0 Å². The van der Waals surface area contributed by atoms with Crippen molar-refractivity contribution in [3.63, 3.8) is 0 Å². The van der Waals surface area contributed by atoms with Crippen LogP contribution in [0.25, 0.3) is 0 Å². The third kappa shape index (κ3) is 5.33. The Labute approximate surface area is 119 Å². The molecule has 4 N–H and O–H groups in total. The first-order chi connectivity index (χ1) is 8.99. The van der Waals surface area contributed by atoms with Crippen LogP contribution in [0.4, 0.5) is 0 Å². The highest BCUT2D eigenvalue weighted by molar-refractivity contribution is 5.06. The van der Waals surface area contributed by atoms with Crippen LogP contribution in [-0.2, 0) is 0 Å². The molecule has 0 aromatic heterocycles. The molecule has 0 rings (SSSR count). The van der Waals surface area contributed by atoms with Crippen molar-refractivity contribution in [2.75, 3.05) is 0 Å². The van der Waals surface area contributed by atoms with Crippen LogP contribution in [0.5, 0.6) is 0 Å². The fourth-order valence-electron chi connectivity index (χ4n) is 2.80. The van der Waals surface area contributed by atoms with E-state index in [0.29, 0.717) is 6.42 Å². The Balaban J connectivity index is 4.99. The molecule has 0 aromatic carbocycles. The molecule has 2 heteroatoms. The molecule has 0 radical (unpaired) electrons. The van der Waals surface area contributed by atoms with Gasteiger partial charge in [0.2, 0.25) is 0 Å². The van der Waals surface area contributed by atoms with Crippen LogP contribution in [0.15, 0.2) is 38.0 Å². The average Bonchev–Trinajstić information content (AvgIpc) is 2.34. The first-order valence-electron chi connectivity index (χ1n) is 7.40. The van der Waals surface area contributed by atoms with Crippen molar-refractivity contribution < 1.29 is 0 Å². The van der Waals surface area contributed by atoms with Crippen molar-refractivity contribution in [3.8, 4) is 0 Å². The molecular formula is C17H32N2. The lowest BCUT2D eigenvalue weighted by Gasteiger charge is -2.45. The van der Waals surface area contributed by atoms with Gasteiger partial charge < -0.3 is 11.5 Å². The van der Waals surface area contributed by atoms with E-state index in [2.05, 4.69) is 26.7 Å². The summed E-state index contributed by atoms with van der Waals surface area (Å²) < 4.78 is 0. The van der Waals surface area contributed by atoms with Crippen LogP contribution < -0.4 is 11.5 Å². The molecule has 0 bridgehead atoms. The van der Waals surface area contributed by atoms with E-state index in [9.17, 15) is 0 Å². The van der Waals surface area contributed by atoms with Crippen LogP contribution in [-0.4, -0.2) is 5.66 Å². The molecule has 0 aliphatic heterocycles. The number of allylic oxidation sites excluding steroid dienone is 2. The molecule has 19 heavy (non-hydrogen) atoms. The predicted molar refractivity (Wildman–Crippen MR) is 86.7 cm³/mol. The van der Waals surface area contributed by atoms with Gasteiger partial charge in [-0.1, -0.05) is 50.8 Å². The highest BCUT2D eigenvalue weighted by Gasteiger charge is 2.42. The van der Waals surface area contributed by atoms with E-state index in [0.717, 1.165) is 25.7 Å². The van der Waals surface area contributed by atoms with Gasteiger partial charge in [-0.25, -0.2) is 0 Å². The average molecular weight is 264 g/mol. The van der Waals surface area contributed by atoms with E-state index in [1.54, 1.807) is 0 Å². The van der Waals surface area contributed by atoms with Gasteiger partial charge in [0.15, 0.2) is 0 Å². The summed E-state index contributed by atoms with van der Waals surface area (Å²) in [6, 6.07) is 0. The molecule has 0 aromatic rings. The molecule has 0 aliphatic rings. The van der Waals surface area contributed by atoms with Gasteiger partial charge in [-0.05, 0) is 25.7 Å². The van der Waals surface area contributed by atoms with E-state index in [4.69, 9.17) is 11.5 Å². The standard InChI is InChI=1S/C17H32N2/c1-5-9-10-11-15-16(12-6-2,13-7-3)17(18,19)14-8-4/h6-8H,2-5,9-15,18-19H2,1H3.